The van der Waals surface area contributed by atoms with Crippen LogP contribution in [0.1, 0.15) is 24.6 Å². The molecule has 1 amide bonds. The highest BCUT2D eigenvalue weighted by Gasteiger charge is 2.33. The fraction of sp³-hybridized carbons (Fsp3) is 0.381. The summed E-state index contributed by atoms with van der Waals surface area (Å²) in [6.07, 6.45) is 3.78. The highest BCUT2D eigenvalue weighted by molar-refractivity contribution is 5.81. The minimum absolute atomic E-state index is 0.00302. The number of benzene rings is 1. The fourth-order valence-corrected chi connectivity index (χ4v) is 3.84. The number of amides is 1. The Labute approximate surface area is 162 Å². The number of hydrogen-bond donors (Lipinski definition) is 0. The van der Waals surface area contributed by atoms with E-state index in [2.05, 4.69) is 4.98 Å². The first-order valence-electron chi connectivity index (χ1n) is 9.66. The average molecular weight is 378 g/mol. The van der Waals surface area contributed by atoms with Crippen molar-refractivity contribution in [3.05, 3.63) is 58.8 Å². The van der Waals surface area contributed by atoms with Crippen LogP contribution in [0.15, 0.2) is 47.5 Å². The van der Waals surface area contributed by atoms with Gasteiger partial charge in [0.25, 0.3) is 5.56 Å². The molecule has 3 heterocycles. The van der Waals surface area contributed by atoms with E-state index in [4.69, 9.17) is 4.74 Å². The summed E-state index contributed by atoms with van der Waals surface area (Å²) < 4.78 is 9.64. The molecular weight excluding hydrogens is 356 g/mol. The molecule has 1 aliphatic heterocycles. The van der Waals surface area contributed by atoms with E-state index in [1.165, 1.54) is 0 Å². The lowest BCUT2D eigenvalue weighted by Crippen LogP contribution is -2.57. The van der Waals surface area contributed by atoms with E-state index in [0.717, 1.165) is 29.6 Å². The Morgan fingerprint density at radius 1 is 1.21 bits per heavy atom. The second kappa shape index (κ2) is 6.51. The van der Waals surface area contributed by atoms with Gasteiger partial charge in [-0.1, -0.05) is 12.1 Å². The molecule has 1 saturated carbocycles. The van der Waals surface area contributed by atoms with Gasteiger partial charge < -0.3 is 18.8 Å². The smallest absolute Gasteiger partial charge is 0.254 e. The zero-order chi connectivity index (χ0) is 19.3. The molecule has 3 aromatic rings. The molecule has 5 rings (SSSR count). The lowest BCUT2D eigenvalue weighted by Gasteiger charge is -2.39. The van der Waals surface area contributed by atoms with E-state index in [1.54, 1.807) is 17.3 Å². The van der Waals surface area contributed by atoms with Gasteiger partial charge >= 0.3 is 0 Å². The number of nitrogens with zero attached hydrogens (tertiary/aromatic N) is 4. The molecule has 7 nitrogen and oxygen atoms in total. The van der Waals surface area contributed by atoms with Crippen molar-refractivity contribution < 1.29 is 9.53 Å². The number of para-hydroxylation sites is 2. The molecule has 1 aliphatic carbocycles. The number of hydrogen-bond acceptors (Lipinski definition) is 4. The second-order valence-electron chi connectivity index (χ2n) is 7.67. The standard InChI is InChI=1S/C21H22N4O3/c1-14-8-16(9-20(26)25(14)15-6-7-15)28-17-10-23(11-17)21(27)12-24-13-22-18-4-2-3-5-19(18)24/h2-5,8-9,13,15,17H,6-7,10-12H2,1H3. The van der Waals surface area contributed by atoms with Crippen molar-refractivity contribution in [2.45, 2.75) is 38.5 Å². The highest BCUT2D eigenvalue weighted by Crippen LogP contribution is 2.35. The van der Waals surface area contributed by atoms with E-state index < -0.39 is 0 Å². The van der Waals surface area contributed by atoms with E-state index in [0.29, 0.717) is 24.9 Å². The number of ether oxygens (including phenoxy) is 1. The van der Waals surface area contributed by atoms with Gasteiger partial charge in [-0.15, -0.1) is 0 Å². The molecule has 2 fully saturated rings. The molecule has 0 bridgehead atoms. The third kappa shape index (κ3) is 3.06. The van der Waals surface area contributed by atoms with Gasteiger partial charge in [-0.05, 0) is 38.0 Å². The third-order valence-electron chi connectivity index (χ3n) is 5.48. The van der Waals surface area contributed by atoms with Gasteiger partial charge in [-0.2, -0.15) is 0 Å². The number of rotatable bonds is 5. The van der Waals surface area contributed by atoms with Crippen LogP contribution < -0.4 is 10.3 Å². The Bertz CT molecular complexity index is 1110. The maximum atomic E-state index is 12.5. The van der Waals surface area contributed by atoms with Crippen LogP contribution in [0.3, 0.4) is 0 Å². The van der Waals surface area contributed by atoms with Crippen LogP contribution in [0.2, 0.25) is 0 Å². The highest BCUT2D eigenvalue weighted by atomic mass is 16.5. The SMILES string of the molecule is Cc1cc(OC2CN(C(=O)Cn3cnc4ccccc43)C2)cc(=O)n1C1CC1. The summed E-state index contributed by atoms with van der Waals surface area (Å²) in [7, 11) is 0. The number of aryl methyl sites for hydroxylation is 1. The molecule has 7 heteroatoms. The largest absolute Gasteiger partial charge is 0.486 e. The summed E-state index contributed by atoms with van der Waals surface area (Å²) in [6.45, 7) is 3.29. The minimum Gasteiger partial charge on any atom is -0.486 e. The molecule has 2 aliphatic rings. The van der Waals surface area contributed by atoms with Crippen LogP contribution in [0, 0.1) is 6.92 Å². The topological polar surface area (TPSA) is 69.4 Å². The predicted molar refractivity (Wildman–Crippen MR) is 104 cm³/mol. The molecule has 28 heavy (non-hydrogen) atoms. The van der Waals surface area contributed by atoms with Crippen LogP contribution >= 0.6 is 0 Å². The molecule has 0 atom stereocenters. The van der Waals surface area contributed by atoms with Gasteiger partial charge in [0, 0.05) is 17.8 Å². The lowest BCUT2D eigenvalue weighted by atomic mass is 10.1. The van der Waals surface area contributed by atoms with Gasteiger partial charge in [0.2, 0.25) is 5.91 Å². The first-order chi connectivity index (χ1) is 13.6. The molecular formula is C21H22N4O3. The molecule has 1 aromatic carbocycles. The first-order valence-corrected chi connectivity index (χ1v) is 9.66. The number of imidazole rings is 1. The fourth-order valence-electron chi connectivity index (χ4n) is 3.84. The van der Waals surface area contributed by atoms with Crippen molar-refractivity contribution in [2.75, 3.05) is 13.1 Å². The van der Waals surface area contributed by atoms with Crippen molar-refractivity contribution in [2.24, 2.45) is 0 Å². The second-order valence-corrected chi connectivity index (χ2v) is 7.67. The normalized spacial score (nSPS) is 17.0. The summed E-state index contributed by atoms with van der Waals surface area (Å²) in [6, 6.07) is 11.6. The number of carbonyl (C=O) groups is 1. The molecule has 0 unspecified atom stereocenters. The van der Waals surface area contributed by atoms with Crippen molar-refractivity contribution >= 4 is 16.9 Å². The van der Waals surface area contributed by atoms with E-state index in [1.807, 2.05) is 46.4 Å². The minimum atomic E-state index is -0.0703. The molecule has 1 saturated heterocycles. The predicted octanol–water partition coefficient (Wildman–Crippen LogP) is 2.13. The first kappa shape index (κ1) is 17.0. The van der Waals surface area contributed by atoms with Crippen molar-refractivity contribution in [3.8, 4) is 5.75 Å². The van der Waals surface area contributed by atoms with E-state index in [9.17, 15) is 9.59 Å². The van der Waals surface area contributed by atoms with E-state index in [-0.39, 0.29) is 24.1 Å². The van der Waals surface area contributed by atoms with Crippen LogP contribution in [0.25, 0.3) is 11.0 Å². The van der Waals surface area contributed by atoms with Gasteiger partial charge in [-0.25, -0.2) is 4.98 Å². The number of fused-ring (bicyclic) bond motifs is 1. The summed E-state index contributed by atoms with van der Waals surface area (Å²) in [5.74, 6) is 0.639. The number of aromatic nitrogens is 3. The number of carbonyl (C=O) groups excluding carboxylic acids is 1. The maximum absolute atomic E-state index is 12.5. The van der Waals surface area contributed by atoms with Gasteiger partial charge in [0.05, 0.1) is 30.5 Å². The summed E-state index contributed by atoms with van der Waals surface area (Å²) in [4.78, 5) is 30.9. The third-order valence-corrected chi connectivity index (χ3v) is 5.48. The summed E-state index contributed by atoms with van der Waals surface area (Å²) in [5, 5.41) is 0. The monoisotopic (exact) mass is 378 g/mol. The van der Waals surface area contributed by atoms with Crippen LogP contribution in [-0.2, 0) is 11.3 Å². The lowest BCUT2D eigenvalue weighted by molar-refractivity contribution is -0.140. The molecule has 0 N–H and O–H groups in total. The Hall–Kier alpha value is -3.09. The van der Waals surface area contributed by atoms with Crippen molar-refractivity contribution in [3.63, 3.8) is 0 Å². The van der Waals surface area contributed by atoms with Crippen LogP contribution in [0.4, 0.5) is 0 Å². The summed E-state index contributed by atoms with van der Waals surface area (Å²) >= 11 is 0. The molecule has 2 aromatic heterocycles. The van der Waals surface area contributed by atoms with Crippen molar-refractivity contribution in [1.82, 2.24) is 19.0 Å². The molecule has 144 valence electrons. The van der Waals surface area contributed by atoms with Gasteiger partial charge in [-0.3, -0.25) is 9.59 Å². The quantitative estimate of drug-likeness (QED) is 0.682. The molecule has 0 radical (unpaired) electrons. The zero-order valence-electron chi connectivity index (χ0n) is 15.7. The average Bonchev–Trinajstić information content (AvgIpc) is 3.38. The van der Waals surface area contributed by atoms with E-state index >= 15 is 0 Å². The van der Waals surface area contributed by atoms with Crippen LogP contribution in [0.5, 0.6) is 5.75 Å². The zero-order valence-corrected chi connectivity index (χ0v) is 15.7. The number of pyridine rings is 1. The molecule has 0 spiro atoms. The summed E-state index contributed by atoms with van der Waals surface area (Å²) in [5.41, 5.74) is 2.77. The maximum Gasteiger partial charge on any atom is 0.254 e. The van der Waals surface area contributed by atoms with Gasteiger partial charge in [0.1, 0.15) is 18.4 Å². The van der Waals surface area contributed by atoms with Crippen LogP contribution in [-0.4, -0.2) is 44.1 Å². The Kier molecular flexibility index (Phi) is 3.96. The number of likely N-dealkylation sites (tertiary alicyclic amines) is 1. The Morgan fingerprint density at radius 3 is 2.75 bits per heavy atom. The van der Waals surface area contributed by atoms with Gasteiger partial charge in [0.15, 0.2) is 0 Å². The van der Waals surface area contributed by atoms with Crippen molar-refractivity contribution in [1.29, 1.82) is 0 Å². The Morgan fingerprint density at radius 2 is 2.00 bits per heavy atom. The Balaban J connectivity index is 1.19.